The molecule has 1 aliphatic rings. The molecular weight excluding hydrogens is 262 g/mol. The largest absolute Gasteiger partial charge is 0.508 e. The first-order valence-electron chi connectivity index (χ1n) is 7.30. The molecular formula is C18H21NO2. The molecule has 3 heteroatoms. The Labute approximate surface area is 125 Å². The van der Waals surface area contributed by atoms with E-state index in [0.29, 0.717) is 11.5 Å². The van der Waals surface area contributed by atoms with E-state index >= 15 is 0 Å². The molecule has 0 saturated carbocycles. The fraction of sp³-hybridized carbons (Fsp3) is 0.333. The van der Waals surface area contributed by atoms with Gasteiger partial charge in [-0.1, -0.05) is 24.3 Å². The average Bonchev–Trinajstić information content (AvgIpc) is 2.78. The number of phenolic OH excluding ortho intramolecular Hbond substituents is 2. The Morgan fingerprint density at radius 2 is 1.24 bits per heavy atom. The van der Waals surface area contributed by atoms with Crippen LogP contribution in [0.3, 0.4) is 0 Å². The minimum Gasteiger partial charge on any atom is -0.508 e. The van der Waals surface area contributed by atoms with Crippen LogP contribution in [0.2, 0.25) is 0 Å². The number of hydrogen-bond donors (Lipinski definition) is 3. The van der Waals surface area contributed by atoms with Gasteiger partial charge in [0.2, 0.25) is 0 Å². The molecule has 1 heterocycles. The van der Waals surface area contributed by atoms with Crippen molar-refractivity contribution in [2.75, 3.05) is 0 Å². The first-order chi connectivity index (χ1) is 9.91. The molecule has 21 heavy (non-hydrogen) atoms. The zero-order valence-electron chi connectivity index (χ0n) is 12.4. The predicted octanol–water partition coefficient (Wildman–Crippen LogP) is 3.61. The van der Waals surface area contributed by atoms with Crippen LogP contribution in [0.15, 0.2) is 48.5 Å². The normalized spacial score (nSPS) is 28.7. The van der Waals surface area contributed by atoms with Gasteiger partial charge in [-0.25, -0.2) is 0 Å². The van der Waals surface area contributed by atoms with Crippen LogP contribution in [0.1, 0.15) is 37.8 Å². The Balaban J connectivity index is 1.94. The van der Waals surface area contributed by atoms with Crippen molar-refractivity contribution in [2.45, 2.75) is 37.8 Å². The van der Waals surface area contributed by atoms with Gasteiger partial charge in [-0.15, -0.1) is 0 Å². The molecule has 2 aromatic carbocycles. The van der Waals surface area contributed by atoms with E-state index in [0.717, 1.165) is 24.0 Å². The summed E-state index contributed by atoms with van der Waals surface area (Å²) in [6, 6.07) is 14.9. The smallest absolute Gasteiger partial charge is 0.115 e. The number of benzene rings is 2. The molecule has 1 saturated heterocycles. The van der Waals surface area contributed by atoms with Crippen molar-refractivity contribution >= 4 is 0 Å². The van der Waals surface area contributed by atoms with Crippen molar-refractivity contribution < 1.29 is 10.2 Å². The second-order valence-electron chi connectivity index (χ2n) is 6.39. The zero-order chi connectivity index (χ0) is 15.1. The average molecular weight is 283 g/mol. The van der Waals surface area contributed by atoms with Gasteiger partial charge in [-0.2, -0.15) is 0 Å². The minimum absolute atomic E-state index is 0.182. The molecule has 0 unspecified atom stereocenters. The summed E-state index contributed by atoms with van der Waals surface area (Å²) in [6.45, 7) is 4.33. The molecule has 3 nitrogen and oxygen atoms in total. The highest BCUT2D eigenvalue weighted by Crippen LogP contribution is 2.44. The molecule has 1 fully saturated rings. The van der Waals surface area contributed by atoms with Crippen LogP contribution in [0, 0.1) is 0 Å². The van der Waals surface area contributed by atoms with Crippen LogP contribution >= 0.6 is 0 Å². The number of hydrogen-bond acceptors (Lipinski definition) is 3. The fourth-order valence-corrected chi connectivity index (χ4v) is 3.37. The molecule has 0 bridgehead atoms. The second kappa shape index (κ2) is 4.78. The summed E-state index contributed by atoms with van der Waals surface area (Å²) in [5.41, 5.74) is 1.82. The van der Waals surface area contributed by atoms with E-state index in [4.69, 9.17) is 0 Å². The lowest BCUT2D eigenvalue weighted by Gasteiger charge is -2.32. The summed E-state index contributed by atoms with van der Waals surface area (Å²) in [5.74, 6) is 0.586. The maximum Gasteiger partial charge on any atom is 0.115 e. The van der Waals surface area contributed by atoms with E-state index in [2.05, 4.69) is 19.2 Å². The first kappa shape index (κ1) is 14.0. The van der Waals surface area contributed by atoms with Crippen LogP contribution in [0.25, 0.3) is 0 Å². The van der Waals surface area contributed by atoms with E-state index in [1.54, 1.807) is 12.1 Å². The van der Waals surface area contributed by atoms with Crippen LogP contribution in [-0.2, 0) is 11.1 Å². The molecule has 0 aliphatic carbocycles. The van der Waals surface area contributed by atoms with E-state index in [9.17, 15) is 10.2 Å². The Kier molecular flexibility index (Phi) is 3.18. The molecule has 110 valence electrons. The van der Waals surface area contributed by atoms with Crippen LogP contribution in [0.5, 0.6) is 11.5 Å². The Bertz CT molecular complexity index is 612. The molecule has 0 amide bonds. The second-order valence-corrected chi connectivity index (χ2v) is 6.39. The number of aromatic hydroxyl groups is 2. The van der Waals surface area contributed by atoms with Crippen LogP contribution < -0.4 is 5.32 Å². The van der Waals surface area contributed by atoms with Crippen molar-refractivity contribution in [1.29, 1.82) is 0 Å². The summed E-state index contributed by atoms with van der Waals surface area (Å²) in [5, 5.41) is 23.1. The topological polar surface area (TPSA) is 52.5 Å². The monoisotopic (exact) mass is 283 g/mol. The lowest BCUT2D eigenvalue weighted by atomic mass is 9.89. The third kappa shape index (κ3) is 2.49. The highest BCUT2D eigenvalue weighted by molar-refractivity contribution is 5.37. The van der Waals surface area contributed by atoms with Gasteiger partial charge < -0.3 is 10.2 Å². The minimum atomic E-state index is -0.182. The number of phenols is 2. The molecule has 3 N–H and O–H groups in total. The van der Waals surface area contributed by atoms with Crippen LogP contribution in [-0.4, -0.2) is 10.2 Å². The molecule has 1 aliphatic heterocycles. The van der Waals surface area contributed by atoms with Gasteiger partial charge in [0.25, 0.3) is 0 Å². The van der Waals surface area contributed by atoms with Crippen molar-refractivity contribution in [3.8, 4) is 11.5 Å². The highest BCUT2D eigenvalue weighted by atomic mass is 16.3. The van der Waals surface area contributed by atoms with E-state index in [1.807, 2.05) is 36.4 Å². The SMILES string of the molecule is C[C@]1(c2cccc(O)c2)CC[C@](C)(c2cccc(O)c2)N1. The standard InChI is InChI=1S/C18H21NO2/c1-17(13-5-3-7-15(20)11-13)9-10-18(2,19-17)14-6-4-8-16(21)12-14/h3-8,11-12,19-21H,9-10H2,1-2H3/t17-,18-/m1/s1. The van der Waals surface area contributed by atoms with E-state index in [1.165, 1.54) is 0 Å². The van der Waals surface area contributed by atoms with Gasteiger partial charge in [-0.05, 0) is 62.1 Å². The summed E-state index contributed by atoms with van der Waals surface area (Å²) in [4.78, 5) is 0. The van der Waals surface area contributed by atoms with Gasteiger partial charge in [0.1, 0.15) is 11.5 Å². The third-order valence-electron chi connectivity index (χ3n) is 4.64. The Hall–Kier alpha value is -2.00. The predicted molar refractivity (Wildman–Crippen MR) is 83.3 cm³/mol. The van der Waals surface area contributed by atoms with E-state index < -0.39 is 0 Å². The maximum atomic E-state index is 9.71. The third-order valence-corrected chi connectivity index (χ3v) is 4.64. The summed E-state index contributed by atoms with van der Waals surface area (Å²) < 4.78 is 0. The zero-order valence-corrected chi connectivity index (χ0v) is 12.4. The van der Waals surface area contributed by atoms with Gasteiger partial charge in [0, 0.05) is 11.1 Å². The van der Waals surface area contributed by atoms with Gasteiger partial charge in [-0.3, -0.25) is 5.32 Å². The van der Waals surface area contributed by atoms with Crippen molar-refractivity contribution in [1.82, 2.24) is 5.32 Å². The molecule has 2 aromatic rings. The summed E-state index contributed by atoms with van der Waals surface area (Å²) >= 11 is 0. The first-order valence-corrected chi connectivity index (χ1v) is 7.30. The molecule has 2 atom stereocenters. The summed E-state index contributed by atoms with van der Waals surface area (Å²) in [7, 11) is 0. The van der Waals surface area contributed by atoms with Crippen molar-refractivity contribution in [3.63, 3.8) is 0 Å². The quantitative estimate of drug-likeness (QED) is 0.789. The lowest BCUT2D eigenvalue weighted by Crippen LogP contribution is -2.43. The highest BCUT2D eigenvalue weighted by Gasteiger charge is 2.43. The molecule has 0 radical (unpaired) electrons. The molecule has 0 aromatic heterocycles. The van der Waals surface area contributed by atoms with Gasteiger partial charge >= 0.3 is 0 Å². The number of rotatable bonds is 2. The van der Waals surface area contributed by atoms with E-state index in [-0.39, 0.29) is 11.1 Å². The maximum absolute atomic E-state index is 9.71. The summed E-state index contributed by atoms with van der Waals surface area (Å²) in [6.07, 6.45) is 1.95. The molecule has 0 spiro atoms. The molecule has 3 rings (SSSR count). The van der Waals surface area contributed by atoms with Crippen molar-refractivity contribution in [3.05, 3.63) is 59.7 Å². The Morgan fingerprint density at radius 1 is 0.810 bits per heavy atom. The Morgan fingerprint density at radius 3 is 1.62 bits per heavy atom. The number of nitrogens with one attached hydrogen (secondary N) is 1. The van der Waals surface area contributed by atoms with Gasteiger partial charge in [0.05, 0.1) is 0 Å². The van der Waals surface area contributed by atoms with Crippen molar-refractivity contribution in [2.24, 2.45) is 0 Å². The fourth-order valence-electron chi connectivity index (χ4n) is 3.37. The van der Waals surface area contributed by atoms with Crippen LogP contribution in [0.4, 0.5) is 0 Å². The van der Waals surface area contributed by atoms with Gasteiger partial charge in [0.15, 0.2) is 0 Å². The lowest BCUT2D eigenvalue weighted by molar-refractivity contribution is 0.336.